The Bertz CT molecular complexity index is 708. The molecule has 0 N–H and O–H groups in total. The largest absolute Gasteiger partial charge is 0.495 e. The van der Waals surface area contributed by atoms with Crippen molar-refractivity contribution in [2.24, 2.45) is 0 Å². The van der Waals surface area contributed by atoms with Crippen molar-refractivity contribution >= 4 is 10.9 Å². The van der Waals surface area contributed by atoms with Gasteiger partial charge in [0.1, 0.15) is 11.6 Å². The van der Waals surface area contributed by atoms with Crippen LogP contribution >= 0.6 is 0 Å². The van der Waals surface area contributed by atoms with Gasteiger partial charge in [-0.25, -0.2) is 9.07 Å². The second kappa shape index (κ2) is 4.10. The minimum Gasteiger partial charge on any atom is -0.495 e. The van der Waals surface area contributed by atoms with Gasteiger partial charge in [-0.3, -0.25) is 4.98 Å². The van der Waals surface area contributed by atoms with Gasteiger partial charge in [0.25, 0.3) is 0 Å². The van der Waals surface area contributed by atoms with Crippen molar-refractivity contribution in [2.45, 2.75) is 0 Å². The third-order valence-corrected chi connectivity index (χ3v) is 2.74. The summed E-state index contributed by atoms with van der Waals surface area (Å²) in [7, 11) is 1.57. The molecule has 0 aliphatic carbocycles. The quantitative estimate of drug-likeness (QED) is 0.694. The van der Waals surface area contributed by atoms with Crippen LogP contribution in [0.5, 0.6) is 5.75 Å². The average molecular weight is 243 g/mol. The fourth-order valence-electron chi connectivity index (χ4n) is 1.86. The first-order valence-electron chi connectivity index (χ1n) is 5.41. The molecule has 1 aromatic carbocycles. The molecule has 0 aliphatic rings. The SMILES string of the molecule is COc1cncc(-n2ncc3c(F)cccc32)c1. The topological polar surface area (TPSA) is 39.9 Å². The van der Waals surface area contributed by atoms with Gasteiger partial charge in [-0.1, -0.05) is 6.07 Å². The molecule has 0 fully saturated rings. The van der Waals surface area contributed by atoms with Gasteiger partial charge in [-0.05, 0) is 12.1 Å². The number of rotatable bonds is 2. The van der Waals surface area contributed by atoms with Crippen molar-refractivity contribution in [1.29, 1.82) is 0 Å². The molecule has 90 valence electrons. The van der Waals surface area contributed by atoms with Crippen LogP contribution in [0.2, 0.25) is 0 Å². The number of methoxy groups -OCH3 is 1. The zero-order valence-corrected chi connectivity index (χ0v) is 9.67. The maximum Gasteiger partial charge on any atom is 0.139 e. The Hall–Kier alpha value is -2.43. The molecule has 3 aromatic rings. The molecule has 18 heavy (non-hydrogen) atoms. The number of fused-ring (bicyclic) bond motifs is 1. The van der Waals surface area contributed by atoms with Crippen molar-refractivity contribution in [3.05, 3.63) is 48.7 Å². The van der Waals surface area contributed by atoms with Crippen LogP contribution < -0.4 is 4.74 Å². The lowest BCUT2D eigenvalue weighted by atomic mass is 10.2. The summed E-state index contributed by atoms with van der Waals surface area (Å²) in [5.41, 5.74) is 1.43. The summed E-state index contributed by atoms with van der Waals surface area (Å²) in [5, 5.41) is 4.67. The molecule has 3 rings (SSSR count). The summed E-state index contributed by atoms with van der Waals surface area (Å²) in [6.07, 6.45) is 4.76. The molecule has 4 nitrogen and oxygen atoms in total. The summed E-state index contributed by atoms with van der Waals surface area (Å²) >= 11 is 0. The molecule has 0 bridgehead atoms. The van der Waals surface area contributed by atoms with E-state index in [1.807, 2.05) is 6.07 Å². The van der Waals surface area contributed by atoms with Crippen molar-refractivity contribution < 1.29 is 9.13 Å². The van der Waals surface area contributed by atoms with Gasteiger partial charge < -0.3 is 4.74 Å². The number of hydrogen-bond acceptors (Lipinski definition) is 3. The molecule has 0 radical (unpaired) electrons. The Labute approximate surface area is 103 Å². The molecule has 2 aromatic heterocycles. The van der Waals surface area contributed by atoms with E-state index in [1.165, 1.54) is 12.3 Å². The Balaban J connectivity index is 2.22. The highest BCUT2D eigenvalue weighted by atomic mass is 19.1. The van der Waals surface area contributed by atoms with Gasteiger partial charge in [0.05, 0.1) is 42.3 Å². The number of aromatic nitrogens is 3. The van der Waals surface area contributed by atoms with Crippen molar-refractivity contribution in [2.75, 3.05) is 7.11 Å². The molecule has 0 unspecified atom stereocenters. The van der Waals surface area contributed by atoms with Gasteiger partial charge in [0, 0.05) is 6.07 Å². The molecule has 0 spiro atoms. The van der Waals surface area contributed by atoms with Crippen LogP contribution in [-0.4, -0.2) is 21.9 Å². The van der Waals surface area contributed by atoms with Gasteiger partial charge >= 0.3 is 0 Å². The normalized spacial score (nSPS) is 10.8. The van der Waals surface area contributed by atoms with Crippen LogP contribution in [0, 0.1) is 5.82 Å². The lowest BCUT2D eigenvalue weighted by Crippen LogP contribution is -1.97. The predicted molar refractivity (Wildman–Crippen MR) is 65.4 cm³/mol. The molecule has 0 atom stereocenters. The maximum atomic E-state index is 13.6. The molecule has 0 aliphatic heterocycles. The molecular weight excluding hydrogens is 233 g/mol. The van der Waals surface area contributed by atoms with E-state index in [0.29, 0.717) is 16.7 Å². The summed E-state index contributed by atoms with van der Waals surface area (Å²) < 4.78 is 20.3. The molecule has 2 heterocycles. The molecule has 0 saturated carbocycles. The third kappa shape index (κ3) is 1.60. The number of nitrogens with zero attached hydrogens (tertiary/aromatic N) is 3. The summed E-state index contributed by atoms with van der Waals surface area (Å²) in [4.78, 5) is 4.06. The number of benzene rings is 1. The highest BCUT2D eigenvalue weighted by Crippen LogP contribution is 2.22. The Morgan fingerprint density at radius 3 is 2.94 bits per heavy atom. The zero-order chi connectivity index (χ0) is 12.5. The minimum atomic E-state index is -0.283. The first kappa shape index (κ1) is 10.7. The molecule has 5 heteroatoms. The summed E-state index contributed by atoms with van der Waals surface area (Å²) in [5.74, 6) is 0.349. The number of halogens is 1. The van der Waals surface area contributed by atoms with E-state index in [9.17, 15) is 4.39 Å². The molecular formula is C13H10FN3O. The first-order chi connectivity index (χ1) is 8.79. The van der Waals surface area contributed by atoms with E-state index in [4.69, 9.17) is 4.74 Å². The van der Waals surface area contributed by atoms with Gasteiger partial charge in [0.15, 0.2) is 0 Å². The van der Waals surface area contributed by atoms with Gasteiger partial charge in [-0.15, -0.1) is 0 Å². The van der Waals surface area contributed by atoms with E-state index in [0.717, 1.165) is 5.69 Å². The van der Waals surface area contributed by atoms with E-state index >= 15 is 0 Å². The van der Waals surface area contributed by atoms with Gasteiger partial charge in [-0.2, -0.15) is 5.10 Å². The maximum absolute atomic E-state index is 13.6. The summed E-state index contributed by atoms with van der Waals surface area (Å²) in [6, 6.07) is 6.68. The number of ether oxygens (including phenoxy) is 1. The van der Waals surface area contributed by atoms with Crippen molar-refractivity contribution in [3.8, 4) is 11.4 Å². The van der Waals surface area contributed by atoms with Crippen LogP contribution in [0.4, 0.5) is 4.39 Å². The predicted octanol–water partition coefficient (Wildman–Crippen LogP) is 2.57. The van der Waals surface area contributed by atoms with Crippen LogP contribution in [0.15, 0.2) is 42.9 Å². The molecule has 0 saturated heterocycles. The fourth-order valence-corrected chi connectivity index (χ4v) is 1.86. The second-order valence-electron chi connectivity index (χ2n) is 3.81. The number of pyridine rings is 1. The standard InChI is InChI=1S/C13H10FN3O/c1-18-10-5-9(6-15-7-10)17-13-4-2-3-12(14)11(13)8-16-17/h2-8H,1H3. The van der Waals surface area contributed by atoms with Crippen LogP contribution in [0.25, 0.3) is 16.6 Å². The highest BCUT2D eigenvalue weighted by molar-refractivity contribution is 5.80. The Morgan fingerprint density at radius 1 is 1.22 bits per heavy atom. The minimum absolute atomic E-state index is 0.283. The van der Waals surface area contributed by atoms with E-state index in [2.05, 4.69) is 10.1 Å². The van der Waals surface area contributed by atoms with Crippen LogP contribution in [0.3, 0.4) is 0 Å². The first-order valence-corrected chi connectivity index (χ1v) is 5.41. The second-order valence-corrected chi connectivity index (χ2v) is 3.81. The van der Waals surface area contributed by atoms with Crippen LogP contribution in [0.1, 0.15) is 0 Å². The Kier molecular flexibility index (Phi) is 2.44. The third-order valence-electron chi connectivity index (χ3n) is 2.74. The smallest absolute Gasteiger partial charge is 0.139 e. The van der Waals surface area contributed by atoms with Gasteiger partial charge in [0.2, 0.25) is 0 Å². The zero-order valence-electron chi connectivity index (χ0n) is 9.67. The van der Waals surface area contributed by atoms with E-state index < -0.39 is 0 Å². The monoisotopic (exact) mass is 243 g/mol. The highest BCUT2D eigenvalue weighted by Gasteiger charge is 2.08. The lowest BCUT2D eigenvalue weighted by Gasteiger charge is -2.05. The summed E-state index contributed by atoms with van der Waals surface area (Å²) in [6.45, 7) is 0. The Morgan fingerprint density at radius 2 is 2.11 bits per heavy atom. The fraction of sp³-hybridized carbons (Fsp3) is 0.0769. The van der Waals surface area contributed by atoms with Crippen molar-refractivity contribution in [3.63, 3.8) is 0 Å². The number of hydrogen-bond donors (Lipinski definition) is 0. The van der Waals surface area contributed by atoms with Crippen molar-refractivity contribution in [1.82, 2.24) is 14.8 Å². The average Bonchev–Trinajstić information content (AvgIpc) is 2.84. The van der Waals surface area contributed by atoms with Crippen LogP contribution in [-0.2, 0) is 0 Å². The lowest BCUT2D eigenvalue weighted by molar-refractivity contribution is 0.412. The molecule has 0 amide bonds. The van der Waals surface area contributed by atoms with E-state index in [1.54, 1.807) is 36.3 Å². The van der Waals surface area contributed by atoms with E-state index in [-0.39, 0.29) is 5.82 Å².